The molecule has 0 fully saturated rings. The molecule has 0 saturated heterocycles. The molecule has 1 atom stereocenters. The molecule has 4 rings (SSSR count). The van der Waals surface area contributed by atoms with Crippen molar-refractivity contribution >= 4 is 52.4 Å². The maximum absolute atomic E-state index is 12.8. The number of halogens is 2. The third-order valence-corrected chi connectivity index (χ3v) is 13.9. The zero-order chi connectivity index (χ0) is 47.1. The van der Waals surface area contributed by atoms with Gasteiger partial charge in [0, 0.05) is 48.5 Å². The van der Waals surface area contributed by atoms with Crippen molar-refractivity contribution in [1.29, 1.82) is 0 Å². The van der Waals surface area contributed by atoms with Crippen molar-refractivity contribution in [2.75, 3.05) is 18.9 Å². The van der Waals surface area contributed by atoms with Gasteiger partial charge in [-0.3, -0.25) is 15.0 Å². The molecule has 0 aliphatic rings. The van der Waals surface area contributed by atoms with E-state index in [2.05, 4.69) is 77.2 Å². The van der Waals surface area contributed by atoms with Gasteiger partial charge in [0.15, 0.2) is 22.9 Å². The number of nitrogens with zero attached hydrogens (tertiary/aromatic N) is 6. The molecule has 0 saturated carbocycles. The van der Waals surface area contributed by atoms with Crippen LogP contribution >= 0.6 is 35.2 Å². The molecule has 15 heteroatoms. The maximum atomic E-state index is 12.8. The fourth-order valence-corrected chi connectivity index (χ4v) is 9.34. The van der Waals surface area contributed by atoms with Gasteiger partial charge in [-0.2, -0.15) is 13.6 Å². The third kappa shape index (κ3) is 22.1. The van der Waals surface area contributed by atoms with E-state index in [0.29, 0.717) is 28.8 Å². The molecule has 372 valence electrons. The van der Waals surface area contributed by atoms with Gasteiger partial charge in [-0.1, -0.05) is 193 Å². The summed E-state index contributed by atoms with van der Waals surface area (Å²) in [6.45, 7) is 16.4. The minimum atomic E-state index is -0.129. The molecule has 0 aliphatic heterocycles. The summed E-state index contributed by atoms with van der Waals surface area (Å²) < 4.78 is 8.64. The van der Waals surface area contributed by atoms with Crippen LogP contribution in [0.5, 0.6) is 0 Å². The Labute approximate surface area is 407 Å². The van der Waals surface area contributed by atoms with Crippen molar-refractivity contribution in [2.24, 2.45) is 5.92 Å². The fraction of sp³-hybridized carbons (Fsp3) is 0.820. The lowest BCUT2D eigenvalue weighted by atomic mass is 9.84. The van der Waals surface area contributed by atoms with Gasteiger partial charge in [0.2, 0.25) is 5.91 Å². The van der Waals surface area contributed by atoms with E-state index < -0.39 is 0 Å². The van der Waals surface area contributed by atoms with E-state index in [-0.39, 0.29) is 17.2 Å². The molecular formula is C50H89Cl2N9O3S. The second-order valence-corrected chi connectivity index (χ2v) is 20.4. The van der Waals surface area contributed by atoms with E-state index in [9.17, 15) is 4.79 Å². The van der Waals surface area contributed by atoms with Crippen LogP contribution in [0.1, 0.15) is 238 Å². The first-order valence-corrected chi connectivity index (χ1v) is 27.6. The Morgan fingerprint density at radius 3 is 1.71 bits per heavy atom. The van der Waals surface area contributed by atoms with Crippen LogP contribution in [0.15, 0.2) is 0 Å². The standard InChI is InChI=1S/C26H47ClN4O2S.C24H42ClN5O/c1-5-7-9-10-11-12-13-14-15-16-21-34-33-32-20-17-19-26(3,4)24-23(27)25-28-22(18-8-6-2)29-31(25)30-24;1-4-6-8-10-11-13-16-20(15-12-9-7-5-2)24(31)26-18-14-17-21-27-23-22(25)19(3)28-30(23)29-21/h30H,5-21H2,1-4H3;20,28H,4-18H2,1-3H3,(H,26,31). The van der Waals surface area contributed by atoms with Crippen molar-refractivity contribution < 1.29 is 14.0 Å². The number of H-pyrrole nitrogens is 2. The highest BCUT2D eigenvalue weighted by atomic mass is 35.5. The highest BCUT2D eigenvalue weighted by Crippen LogP contribution is 2.35. The van der Waals surface area contributed by atoms with Crippen LogP contribution in [0.25, 0.3) is 11.3 Å². The predicted molar refractivity (Wildman–Crippen MR) is 273 cm³/mol. The molecule has 65 heavy (non-hydrogen) atoms. The molecule has 0 radical (unpaired) electrons. The molecule has 1 unspecified atom stereocenters. The number of aryl methyl sites for hydroxylation is 3. The molecule has 0 aliphatic carbocycles. The molecule has 4 aromatic heterocycles. The van der Waals surface area contributed by atoms with Gasteiger partial charge >= 0.3 is 0 Å². The van der Waals surface area contributed by atoms with Crippen LogP contribution in [-0.4, -0.2) is 64.4 Å². The summed E-state index contributed by atoms with van der Waals surface area (Å²) in [6, 6.07) is 0. The van der Waals surface area contributed by atoms with E-state index in [1.165, 1.54) is 134 Å². The normalized spacial score (nSPS) is 12.4. The first kappa shape index (κ1) is 57.0. The first-order chi connectivity index (χ1) is 31.6. The second-order valence-electron chi connectivity index (χ2n) is 18.9. The Bertz CT molecular complexity index is 1820. The minimum Gasteiger partial charge on any atom is -0.356 e. The molecule has 4 heterocycles. The van der Waals surface area contributed by atoms with Crippen molar-refractivity contribution in [3.63, 3.8) is 0 Å². The average molecular weight is 967 g/mol. The van der Waals surface area contributed by atoms with Crippen molar-refractivity contribution in [3.05, 3.63) is 33.1 Å². The van der Waals surface area contributed by atoms with E-state index in [0.717, 1.165) is 98.6 Å². The predicted octanol–water partition coefficient (Wildman–Crippen LogP) is 15.0. The van der Waals surface area contributed by atoms with Crippen LogP contribution in [0.3, 0.4) is 0 Å². The number of unbranched alkanes of at least 4 members (excludes halogenated alkanes) is 18. The van der Waals surface area contributed by atoms with Crippen LogP contribution in [-0.2, 0) is 32.3 Å². The average Bonchev–Trinajstić information content (AvgIpc) is 4.04. The van der Waals surface area contributed by atoms with Gasteiger partial charge in [0.25, 0.3) is 0 Å². The van der Waals surface area contributed by atoms with Crippen molar-refractivity contribution in [2.45, 2.75) is 240 Å². The zero-order valence-corrected chi connectivity index (χ0v) is 44.1. The lowest BCUT2D eigenvalue weighted by Crippen LogP contribution is -2.31. The van der Waals surface area contributed by atoms with Gasteiger partial charge in [0.05, 0.1) is 18.0 Å². The molecule has 1 amide bonds. The number of rotatable bonds is 38. The molecule has 0 bridgehead atoms. The Morgan fingerprint density at radius 2 is 1.15 bits per heavy atom. The summed E-state index contributed by atoms with van der Waals surface area (Å²) in [4.78, 5) is 27.3. The summed E-state index contributed by atoms with van der Waals surface area (Å²) in [7, 11) is 0. The van der Waals surface area contributed by atoms with Gasteiger partial charge in [-0.25, -0.2) is 14.9 Å². The van der Waals surface area contributed by atoms with Gasteiger partial charge < -0.3 is 5.32 Å². The molecule has 0 spiro atoms. The number of aromatic nitrogens is 8. The summed E-state index contributed by atoms with van der Waals surface area (Å²) in [5.74, 6) is 2.99. The fourth-order valence-electron chi connectivity index (χ4n) is 8.23. The summed E-state index contributed by atoms with van der Waals surface area (Å²) in [6.07, 6.45) is 34.6. The second kappa shape index (κ2) is 34.0. The van der Waals surface area contributed by atoms with Crippen molar-refractivity contribution in [1.82, 2.24) is 44.9 Å². The smallest absolute Gasteiger partial charge is 0.223 e. The topological polar surface area (TPSA) is 140 Å². The number of carbonyl (C=O) groups is 1. The number of nitrogens with one attached hydrogen (secondary N) is 3. The number of aromatic amines is 2. The van der Waals surface area contributed by atoms with Gasteiger partial charge in [-0.15, -0.1) is 10.2 Å². The largest absolute Gasteiger partial charge is 0.356 e. The molecule has 12 nitrogen and oxygen atoms in total. The van der Waals surface area contributed by atoms with E-state index in [4.69, 9.17) is 32.4 Å². The Balaban J connectivity index is 0.000000347. The van der Waals surface area contributed by atoms with Crippen LogP contribution < -0.4 is 5.32 Å². The van der Waals surface area contributed by atoms with E-state index in [1.54, 1.807) is 9.26 Å². The van der Waals surface area contributed by atoms with Crippen LogP contribution in [0.2, 0.25) is 10.0 Å². The summed E-state index contributed by atoms with van der Waals surface area (Å²) in [5.41, 5.74) is 3.10. The minimum absolute atomic E-state index is 0.129. The van der Waals surface area contributed by atoms with Crippen LogP contribution in [0.4, 0.5) is 0 Å². The lowest BCUT2D eigenvalue weighted by Gasteiger charge is -2.23. The SMILES string of the molecule is CCCCCCCCC(CCCCCC)C(=O)NCCCc1nc2c(Cl)c(C)[nH]n2n1.CCCCCCCCCCCCSOOCCCC(C)(C)c1[nH]n2nc(CCCC)nc2c1Cl. The highest BCUT2D eigenvalue weighted by Gasteiger charge is 2.28. The molecule has 0 aromatic carbocycles. The zero-order valence-electron chi connectivity index (χ0n) is 41.8. The number of carbonyl (C=O) groups excluding carboxylic acids is 1. The Hall–Kier alpha value is -2.32. The molecule has 3 N–H and O–H groups in total. The monoisotopic (exact) mass is 966 g/mol. The van der Waals surface area contributed by atoms with Crippen LogP contribution in [0, 0.1) is 12.8 Å². The van der Waals surface area contributed by atoms with E-state index in [1.807, 2.05) is 6.92 Å². The van der Waals surface area contributed by atoms with Crippen molar-refractivity contribution in [3.8, 4) is 0 Å². The highest BCUT2D eigenvalue weighted by molar-refractivity contribution is 7.94. The Kier molecular flexibility index (Phi) is 29.9. The summed E-state index contributed by atoms with van der Waals surface area (Å²) >= 11 is 14.3. The number of hydrogen-bond acceptors (Lipinski definition) is 8. The molecule has 4 aromatic rings. The summed E-state index contributed by atoms with van der Waals surface area (Å²) in [5, 5.41) is 19.8. The van der Waals surface area contributed by atoms with Gasteiger partial charge in [-0.05, 0) is 51.9 Å². The lowest BCUT2D eigenvalue weighted by molar-refractivity contribution is -0.191. The number of amides is 1. The van der Waals surface area contributed by atoms with Gasteiger partial charge in [0.1, 0.15) is 10.0 Å². The third-order valence-electron chi connectivity index (χ3n) is 12.4. The number of hydrogen-bond donors (Lipinski definition) is 3. The quantitative estimate of drug-likeness (QED) is 0.0175. The first-order valence-electron chi connectivity index (χ1n) is 26.0. The maximum Gasteiger partial charge on any atom is 0.223 e. The number of fused-ring (bicyclic) bond motifs is 2. The van der Waals surface area contributed by atoms with E-state index >= 15 is 0 Å². The Morgan fingerprint density at radius 1 is 0.662 bits per heavy atom. The molecular weight excluding hydrogens is 878 g/mol.